The lowest BCUT2D eigenvalue weighted by Crippen LogP contribution is -2.31. The summed E-state index contributed by atoms with van der Waals surface area (Å²) in [5.74, 6) is -0.389. The van der Waals surface area contributed by atoms with E-state index in [9.17, 15) is 9.59 Å². The second-order valence-corrected chi connectivity index (χ2v) is 3.96. The molecular weight excluding hydrogens is 311 g/mol. The maximum atomic E-state index is 11.2. The van der Waals surface area contributed by atoms with Gasteiger partial charge in [-0.25, -0.2) is 4.79 Å². The number of carboxylic acid groups (broad SMARTS) is 1. The van der Waals surface area contributed by atoms with Crippen LogP contribution in [-0.2, 0) is 4.79 Å². The normalized spacial score (nSPS) is 9.40. The molecule has 0 atom stereocenters. The van der Waals surface area contributed by atoms with E-state index in [-0.39, 0.29) is 12.5 Å². The summed E-state index contributed by atoms with van der Waals surface area (Å²) >= 11 is 2.12. The van der Waals surface area contributed by atoms with Gasteiger partial charge in [-0.1, -0.05) is 6.07 Å². The van der Waals surface area contributed by atoms with Crippen molar-refractivity contribution in [1.29, 1.82) is 0 Å². The summed E-state index contributed by atoms with van der Waals surface area (Å²) in [6, 6.07) is 7.23. The number of hydrogen-bond donors (Lipinski definition) is 3. The van der Waals surface area contributed by atoms with Crippen LogP contribution < -0.4 is 10.6 Å². The molecule has 15 heavy (non-hydrogen) atoms. The number of rotatable bonds is 3. The van der Waals surface area contributed by atoms with Crippen molar-refractivity contribution in [3.05, 3.63) is 27.8 Å². The molecule has 0 saturated carbocycles. The molecule has 0 heterocycles. The first-order chi connectivity index (χ1) is 7.08. The van der Waals surface area contributed by atoms with Crippen molar-refractivity contribution in [2.75, 3.05) is 11.9 Å². The first-order valence-corrected chi connectivity index (χ1v) is 5.18. The molecule has 6 heteroatoms. The molecule has 0 aliphatic carbocycles. The van der Waals surface area contributed by atoms with Crippen molar-refractivity contribution in [1.82, 2.24) is 5.32 Å². The Morgan fingerprint density at radius 2 is 2.13 bits per heavy atom. The summed E-state index contributed by atoms with van der Waals surface area (Å²) < 4.78 is 0.997. The van der Waals surface area contributed by atoms with Crippen molar-refractivity contribution in [2.45, 2.75) is 0 Å². The number of anilines is 1. The second-order valence-electron chi connectivity index (χ2n) is 2.72. The Morgan fingerprint density at radius 1 is 1.40 bits per heavy atom. The van der Waals surface area contributed by atoms with Gasteiger partial charge in [-0.05, 0) is 40.8 Å². The number of nitrogens with one attached hydrogen (secondary N) is 2. The highest BCUT2D eigenvalue weighted by molar-refractivity contribution is 14.1. The van der Waals surface area contributed by atoms with Crippen molar-refractivity contribution in [2.24, 2.45) is 0 Å². The van der Waals surface area contributed by atoms with Crippen molar-refractivity contribution < 1.29 is 14.7 Å². The second kappa shape index (κ2) is 5.54. The fourth-order valence-electron chi connectivity index (χ4n) is 0.927. The van der Waals surface area contributed by atoms with Crippen LogP contribution >= 0.6 is 22.6 Å². The van der Waals surface area contributed by atoms with Gasteiger partial charge < -0.3 is 15.7 Å². The van der Waals surface area contributed by atoms with Gasteiger partial charge in [0.2, 0.25) is 5.91 Å². The minimum Gasteiger partial charge on any atom is -0.465 e. The fraction of sp³-hybridized carbons (Fsp3) is 0.111. The van der Waals surface area contributed by atoms with E-state index in [0.29, 0.717) is 5.69 Å². The molecule has 80 valence electrons. The molecule has 0 saturated heterocycles. The number of benzene rings is 1. The van der Waals surface area contributed by atoms with Crippen molar-refractivity contribution in [3.63, 3.8) is 0 Å². The van der Waals surface area contributed by atoms with E-state index in [2.05, 4.69) is 27.9 Å². The number of halogens is 1. The third-order valence-corrected chi connectivity index (χ3v) is 2.18. The van der Waals surface area contributed by atoms with Crippen molar-refractivity contribution in [3.8, 4) is 0 Å². The Kier molecular flexibility index (Phi) is 4.35. The standard InChI is InChI=1S/C9H9IN2O3/c10-6-2-1-3-7(4-6)12-8(13)5-11-9(14)15/h1-4,11H,5H2,(H,12,13)(H,14,15). The molecular formula is C9H9IN2O3. The number of amides is 2. The Bertz CT molecular complexity index is 381. The van der Waals surface area contributed by atoms with Crippen LogP contribution in [0.15, 0.2) is 24.3 Å². The van der Waals surface area contributed by atoms with E-state index in [1.54, 1.807) is 12.1 Å². The van der Waals surface area contributed by atoms with Crippen LogP contribution in [0.2, 0.25) is 0 Å². The van der Waals surface area contributed by atoms with Gasteiger partial charge in [0.1, 0.15) is 6.54 Å². The molecule has 1 aromatic carbocycles. The van der Waals surface area contributed by atoms with E-state index in [4.69, 9.17) is 5.11 Å². The highest BCUT2D eigenvalue weighted by atomic mass is 127. The van der Waals surface area contributed by atoms with Crippen LogP contribution in [-0.4, -0.2) is 23.7 Å². The lowest BCUT2D eigenvalue weighted by Gasteiger charge is -2.05. The van der Waals surface area contributed by atoms with Gasteiger partial charge in [-0.15, -0.1) is 0 Å². The summed E-state index contributed by atoms with van der Waals surface area (Å²) in [6.07, 6.45) is -1.22. The molecule has 0 bridgehead atoms. The lowest BCUT2D eigenvalue weighted by molar-refractivity contribution is -0.115. The zero-order valence-electron chi connectivity index (χ0n) is 7.66. The maximum absolute atomic E-state index is 11.2. The van der Waals surface area contributed by atoms with Gasteiger partial charge in [0.05, 0.1) is 0 Å². The number of hydrogen-bond acceptors (Lipinski definition) is 2. The molecule has 2 amide bonds. The van der Waals surface area contributed by atoms with E-state index in [1.807, 2.05) is 17.4 Å². The molecule has 1 aromatic rings. The Morgan fingerprint density at radius 3 is 2.73 bits per heavy atom. The average Bonchev–Trinajstić information content (AvgIpc) is 2.15. The van der Waals surface area contributed by atoms with Gasteiger partial charge in [-0.2, -0.15) is 0 Å². The van der Waals surface area contributed by atoms with Gasteiger partial charge in [0.15, 0.2) is 0 Å². The number of carbonyl (C=O) groups excluding carboxylic acids is 1. The van der Waals surface area contributed by atoms with Crippen LogP contribution in [0.5, 0.6) is 0 Å². The van der Waals surface area contributed by atoms with Crippen LogP contribution in [0.25, 0.3) is 0 Å². The summed E-state index contributed by atoms with van der Waals surface area (Å²) in [5.41, 5.74) is 0.652. The van der Waals surface area contributed by atoms with E-state index < -0.39 is 6.09 Å². The molecule has 1 rings (SSSR count). The molecule has 0 unspecified atom stereocenters. The predicted octanol–water partition coefficient (Wildman–Crippen LogP) is 1.50. The van der Waals surface area contributed by atoms with E-state index >= 15 is 0 Å². The molecule has 0 aliphatic rings. The molecule has 0 aromatic heterocycles. The van der Waals surface area contributed by atoms with Crippen LogP contribution in [0.1, 0.15) is 0 Å². The zero-order chi connectivity index (χ0) is 11.3. The van der Waals surface area contributed by atoms with E-state index in [1.165, 1.54) is 0 Å². The minimum atomic E-state index is -1.22. The Hall–Kier alpha value is -1.31. The highest BCUT2D eigenvalue weighted by Crippen LogP contribution is 2.11. The maximum Gasteiger partial charge on any atom is 0.405 e. The lowest BCUT2D eigenvalue weighted by atomic mass is 10.3. The van der Waals surface area contributed by atoms with E-state index in [0.717, 1.165) is 3.57 Å². The fourth-order valence-corrected chi connectivity index (χ4v) is 1.47. The summed E-state index contributed by atoms with van der Waals surface area (Å²) in [4.78, 5) is 21.3. The third-order valence-electron chi connectivity index (χ3n) is 1.51. The molecule has 0 aliphatic heterocycles. The van der Waals surface area contributed by atoms with Gasteiger partial charge in [0, 0.05) is 9.26 Å². The van der Waals surface area contributed by atoms with Gasteiger partial charge in [0.25, 0.3) is 0 Å². The predicted molar refractivity (Wildman–Crippen MR) is 63.8 cm³/mol. The summed E-state index contributed by atoms with van der Waals surface area (Å²) in [5, 5.41) is 12.8. The van der Waals surface area contributed by atoms with Crippen molar-refractivity contribution >= 4 is 40.3 Å². The number of carbonyl (C=O) groups is 2. The van der Waals surface area contributed by atoms with Gasteiger partial charge in [-0.3, -0.25) is 4.79 Å². The average molecular weight is 320 g/mol. The minimum absolute atomic E-state index is 0.249. The quantitative estimate of drug-likeness (QED) is 0.739. The highest BCUT2D eigenvalue weighted by Gasteiger charge is 2.03. The summed E-state index contributed by atoms with van der Waals surface area (Å²) in [7, 11) is 0. The first-order valence-electron chi connectivity index (χ1n) is 4.10. The van der Waals surface area contributed by atoms with Crippen LogP contribution in [0.3, 0.4) is 0 Å². The zero-order valence-corrected chi connectivity index (χ0v) is 9.82. The smallest absolute Gasteiger partial charge is 0.405 e. The largest absolute Gasteiger partial charge is 0.465 e. The Balaban J connectivity index is 2.48. The first kappa shape index (κ1) is 11.8. The SMILES string of the molecule is O=C(O)NCC(=O)Nc1cccc(I)c1. The molecule has 3 N–H and O–H groups in total. The van der Waals surface area contributed by atoms with Crippen LogP contribution in [0.4, 0.5) is 10.5 Å². The topological polar surface area (TPSA) is 78.4 Å². The molecule has 0 spiro atoms. The molecule has 0 radical (unpaired) electrons. The third kappa shape index (κ3) is 4.63. The van der Waals surface area contributed by atoms with Gasteiger partial charge >= 0.3 is 6.09 Å². The molecule has 0 fully saturated rings. The Labute approximate surface area is 100 Å². The molecule has 5 nitrogen and oxygen atoms in total. The van der Waals surface area contributed by atoms with Crippen LogP contribution in [0, 0.1) is 3.57 Å². The monoisotopic (exact) mass is 320 g/mol. The summed E-state index contributed by atoms with van der Waals surface area (Å²) in [6.45, 7) is -0.249.